The maximum Gasteiger partial charge on any atom is 0.410 e. The summed E-state index contributed by atoms with van der Waals surface area (Å²) in [5, 5.41) is 0. The molecule has 3 rings (SSSR count). The molecule has 186 valence electrons. The Balaban J connectivity index is 1.52. The molecule has 3 aromatic carbocycles. The van der Waals surface area contributed by atoms with Gasteiger partial charge in [-0.05, 0) is 80.6 Å². The molecule has 3 aromatic rings. The number of hydrogen-bond donors (Lipinski definition) is 0. The van der Waals surface area contributed by atoms with Gasteiger partial charge in [0.05, 0.1) is 0 Å². The third-order valence-corrected chi connectivity index (χ3v) is 5.92. The van der Waals surface area contributed by atoms with E-state index in [9.17, 15) is 4.79 Å². The molecule has 0 aliphatic rings. The fourth-order valence-electron chi connectivity index (χ4n) is 3.67. The third kappa shape index (κ3) is 8.06. The third-order valence-electron chi connectivity index (χ3n) is 5.92. The monoisotopic (exact) mass is 474 g/mol. The van der Waals surface area contributed by atoms with Crippen LogP contribution in [0.1, 0.15) is 51.2 Å². The quantitative estimate of drug-likeness (QED) is 0.324. The topological polar surface area (TPSA) is 42.0 Å². The SMILES string of the molecule is CC(CCN(C)C(=O)OC(C)(C)C)c1ccc(N(C)c2ccc(OCc3ccccc3)cc2)cc1. The van der Waals surface area contributed by atoms with Crippen LogP contribution in [0.25, 0.3) is 0 Å². The molecule has 0 aliphatic carbocycles. The van der Waals surface area contributed by atoms with Crippen LogP contribution in [0.15, 0.2) is 78.9 Å². The molecule has 1 unspecified atom stereocenters. The van der Waals surface area contributed by atoms with Crippen molar-refractivity contribution in [1.29, 1.82) is 0 Å². The number of ether oxygens (including phenoxy) is 2. The number of rotatable bonds is 9. The van der Waals surface area contributed by atoms with Crippen LogP contribution >= 0.6 is 0 Å². The van der Waals surface area contributed by atoms with Crippen molar-refractivity contribution >= 4 is 17.5 Å². The van der Waals surface area contributed by atoms with Crippen LogP contribution in [-0.4, -0.2) is 37.2 Å². The summed E-state index contributed by atoms with van der Waals surface area (Å²) in [5.41, 5.74) is 4.14. The van der Waals surface area contributed by atoms with Crippen molar-refractivity contribution in [2.45, 2.75) is 52.2 Å². The van der Waals surface area contributed by atoms with Gasteiger partial charge in [0.25, 0.3) is 0 Å². The first-order valence-electron chi connectivity index (χ1n) is 12.2. The van der Waals surface area contributed by atoms with Crippen molar-refractivity contribution < 1.29 is 14.3 Å². The molecule has 0 saturated heterocycles. The Labute approximate surface area is 210 Å². The molecule has 0 aromatic heterocycles. The zero-order chi connectivity index (χ0) is 25.4. The van der Waals surface area contributed by atoms with Gasteiger partial charge in [-0.25, -0.2) is 4.79 Å². The van der Waals surface area contributed by atoms with Gasteiger partial charge in [0.2, 0.25) is 0 Å². The van der Waals surface area contributed by atoms with E-state index < -0.39 is 5.60 Å². The Kier molecular flexibility index (Phi) is 8.80. The highest BCUT2D eigenvalue weighted by Gasteiger charge is 2.20. The summed E-state index contributed by atoms with van der Waals surface area (Å²) in [6.45, 7) is 9.05. The molecule has 0 aliphatic heterocycles. The van der Waals surface area contributed by atoms with Crippen molar-refractivity contribution in [2.75, 3.05) is 25.5 Å². The van der Waals surface area contributed by atoms with Gasteiger partial charge in [-0.3, -0.25) is 0 Å². The average molecular weight is 475 g/mol. The number of carbonyl (C=O) groups excluding carboxylic acids is 1. The second kappa shape index (κ2) is 11.8. The number of carbonyl (C=O) groups is 1. The Morgan fingerprint density at radius 3 is 2.00 bits per heavy atom. The maximum atomic E-state index is 12.2. The smallest absolute Gasteiger partial charge is 0.410 e. The minimum absolute atomic E-state index is 0.279. The van der Waals surface area contributed by atoms with Crippen LogP contribution in [0.2, 0.25) is 0 Å². The average Bonchev–Trinajstić information content (AvgIpc) is 2.85. The van der Waals surface area contributed by atoms with Gasteiger partial charge >= 0.3 is 6.09 Å². The van der Waals surface area contributed by atoms with Crippen molar-refractivity contribution in [3.8, 4) is 5.75 Å². The Morgan fingerprint density at radius 2 is 1.43 bits per heavy atom. The van der Waals surface area contributed by atoms with E-state index >= 15 is 0 Å². The molecular formula is C30H38N2O3. The summed E-state index contributed by atoms with van der Waals surface area (Å²) < 4.78 is 11.3. The first-order chi connectivity index (χ1) is 16.6. The number of anilines is 2. The number of amides is 1. The number of nitrogens with zero attached hydrogens (tertiary/aromatic N) is 2. The van der Waals surface area contributed by atoms with Crippen molar-refractivity contribution in [3.05, 3.63) is 90.0 Å². The van der Waals surface area contributed by atoms with E-state index in [1.54, 1.807) is 11.9 Å². The van der Waals surface area contributed by atoms with E-state index in [4.69, 9.17) is 9.47 Å². The zero-order valence-electron chi connectivity index (χ0n) is 21.8. The van der Waals surface area contributed by atoms with Gasteiger partial charge in [-0.1, -0.05) is 49.4 Å². The van der Waals surface area contributed by atoms with E-state index in [-0.39, 0.29) is 6.09 Å². The lowest BCUT2D eigenvalue weighted by Crippen LogP contribution is -2.35. The summed E-state index contributed by atoms with van der Waals surface area (Å²) in [5.74, 6) is 1.19. The number of benzene rings is 3. The molecule has 1 amide bonds. The van der Waals surface area contributed by atoms with E-state index in [1.807, 2.05) is 51.1 Å². The van der Waals surface area contributed by atoms with Crippen LogP contribution in [0.5, 0.6) is 5.75 Å². The minimum Gasteiger partial charge on any atom is -0.489 e. The molecule has 5 nitrogen and oxygen atoms in total. The molecule has 0 saturated carbocycles. The second-order valence-electron chi connectivity index (χ2n) is 10.0. The molecule has 0 radical (unpaired) electrons. The zero-order valence-corrected chi connectivity index (χ0v) is 21.8. The lowest BCUT2D eigenvalue weighted by molar-refractivity contribution is 0.0295. The van der Waals surface area contributed by atoms with Gasteiger partial charge < -0.3 is 19.3 Å². The fourth-order valence-corrected chi connectivity index (χ4v) is 3.67. The lowest BCUT2D eigenvalue weighted by Gasteiger charge is -2.25. The van der Waals surface area contributed by atoms with E-state index in [0.29, 0.717) is 19.1 Å². The van der Waals surface area contributed by atoms with Crippen molar-refractivity contribution in [3.63, 3.8) is 0 Å². The normalized spacial score (nSPS) is 12.1. The highest BCUT2D eigenvalue weighted by Crippen LogP contribution is 2.28. The van der Waals surface area contributed by atoms with E-state index in [1.165, 1.54) is 5.56 Å². The summed E-state index contributed by atoms with van der Waals surface area (Å²) in [6, 6.07) is 26.9. The van der Waals surface area contributed by atoms with Gasteiger partial charge in [0.1, 0.15) is 18.0 Å². The summed E-state index contributed by atoms with van der Waals surface area (Å²) in [4.78, 5) is 16.0. The van der Waals surface area contributed by atoms with Crippen LogP contribution in [0.4, 0.5) is 16.2 Å². The molecule has 5 heteroatoms. The first kappa shape index (κ1) is 26.1. The minimum atomic E-state index is -0.478. The molecule has 0 fully saturated rings. The standard InChI is InChI=1S/C30H38N2O3/c1-23(20-21-31(5)29(33)35-30(2,3)4)25-12-14-26(15-13-25)32(6)27-16-18-28(19-17-27)34-22-24-10-8-7-9-11-24/h7-19,23H,20-22H2,1-6H3. The Morgan fingerprint density at radius 1 is 0.857 bits per heavy atom. The largest absolute Gasteiger partial charge is 0.489 e. The Hall–Kier alpha value is -3.47. The fraction of sp³-hybridized carbons (Fsp3) is 0.367. The first-order valence-corrected chi connectivity index (χ1v) is 12.2. The summed E-state index contributed by atoms with van der Waals surface area (Å²) >= 11 is 0. The second-order valence-corrected chi connectivity index (χ2v) is 10.0. The molecule has 0 heterocycles. The van der Waals surface area contributed by atoms with Crippen LogP contribution in [0.3, 0.4) is 0 Å². The molecule has 0 spiro atoms. The molecule has 0 bridgehead atoms. The number of hydrogen-bond acceptors (Lipinski definition) is 4. The maximum absolute atomic E-state index is 12.2. The molecule has 35 heavy (non-hydrogen) atoms. The Bertz CT molecular complexity index is 1060. The molecular weight excluding hydrogens is 436 g/mol. The van der Waals surface area contributed by atoms with E-state index in [0.717, 1.165) is 29.1 Å². The van der Waals surface area contributed by atoms with Crippen LogP contribution in [0, 0.1) is 0 Å². The molecule has 0 N–H and O–H groups in total. The van der Waals surface area contributed by atoms with Gasteiger partial charge in [-0.15, -0.1) is 0 Å². The van der Waals surface area contributed by atoms with Gasteiger partial charge in [-0.2, -0.15) is 0 Å². The van der Waals surface area contributed by atoms with Gasteiger partial charge in [0, 0.05) is 32.0 Å². The van der Waals surface area contributed by atoms with Crippen molar-refractivity contribution in [1.82, 2.24) is 4.90 Å². The predicted molar refractivity (Wildman–Crippen MR) is 144 cm³/mol. The summed E-state index contributed by atoms with van der Waals surface area (Å²) in [6.07, 6.45) is 0.591. The van der Waals surface area contributed by atoms with E-state index in [2.05, 4.69) is 67.4 Å². The highest BCUT2D eigenvalue weighted by atomic mass is 16.6. The predicted octanol–water partition coefficient (Wildman–Crippen LogP) is 7.39. The van der Waals surface area contributed by atoms with Crippen LogP contribution in [-0.2, 0) is 11.3 Å². The van der Waals surface area contributed by atoms with Gasteiger partial charge in [0.15, 0.2) is 0 Å². The van der Waals surface area contributed by atoms with Crippen molar-refractivity contribution in [2.24, 2.45) is 0 Å². The lowest BCUT2D eigenvalue weighted by atomic mass is 9.97. The summed E-state index contributed by atoms with van der Waals surface area (Å²) in [7, 11) is 3.85. The highest BCUT2D eigenvalue weighted by molar-refractivity contribution is 5.67. The van der Waals surface area contributed by atoms with Crippen LogP contribution < -0.4 is 9.64 Å². The molecule has 1 atom stereocenters.